The number of carbonyl (C=O) groups excluding carboxylic acids is 5. The van der Waals surface area contributed by atoms with Crippen LogP contribution < -0.4 is 21.3 Å². The number of amides is 6. The molecule has 0 unspecified atom stereocenters. The molecule has 3 aliphatic rings. The molecule has 0 radical (unpaired) electrons. The summed E-state index contributed by atoms with van der Waals surface area (Å²) in [6.07, 6.45) is 5.61. The number of urea groups is 1. The highest BCUT2D eigenvalue weighted by molar-refractivity contribution is 8.00. The Morgan fingerprint density at radius 3 is 2.36 bits per heavy atom. The van der Waals surface area contributed by atoms with Crippen LogP contribution in [0.25, 0.3) is 0 Å². The van der Waals surface area contributed by atoms with E-state index in [2.05, 4.69) is 21.3 Å². The molecule has 182 valence electrons. The Bertz CT molecular complexity index is 773. The fourth-order valence-corrected chi connectivity index (χ4v) is 5.49. The number of thioether (sulfide) groups is 1. The normalized spacial score (nSPS) is 23.5. The topological polar surface area (TPSA) is 146 Å². The van der Waals surface area contributed by atoms with E-state index < -0.39 is 11.8 Å². The molecule has 33 heavy (non-hydrogen) atoms. The van der Waals surface area contributed by atoms with Gasteiger partial charge in [-0.05, 0) is 12.8 Å². The minimum atomic E-state index is -0.402. The van der Waals surface area contributed by atoms with Crippen LogP contribution in [0, 0.1) is 0 Å². The third-order valence-electron chi connectivity index (χ3n) is 5.68. The molecule has 0 bridgehead atoms. The van der Waals surface area contributed by atoms with Gasteiger partial charge in [-0.3, -0.25) is 24.1 Å². The fourth-order valence-electron chi connectivity index (χ4n) is 3.94. The third-order valence-corrected chi connectivity index (χ3v) is 7.19. The third kappa shape index (κ3) is 7.74. The second kappa shape index (κ2) is 12.6. The van der Waals surface area contributed by atoms with Gasteiger partial charge < -0.3 is 26.0 Å². The van der Waals surface area contributed by atoms with Crippen LogP contribution in [0.5, 0.6) is 0 Å². The second-order valence-corrected chi connectivity index (χ2v) is 9.36. The summed E-state index contributed by atoms with van der Waals surface area (Å²) in [5.41, 5.74) is 0. The molecular formula is C21H31N5O6S. The van der Waals surface area contributed by atoms with Crippen molar-refractivity contribution in [3.05, 3.63) is 12.2 Å². The first-order chi connectivity index (χ1) is 15.9. The van der Waals surface area contributed by atoms with Crippen LogP contribution >= 0.6 is 11.8 Å². The van der Waals surface area contributed by atoms with E-state index in [-0.39, 0.29) is 42.9 Å². The van der Waals surface area contributed by atoms with Crippen LogP contribution in [-0.4, -0.2) is 90.5 Å². The van der Waals surface area contributed by atoms with Gasteiger partial charge in [0, 0.05) is 55.6 Å². The van der Waals surface area contributed by atoms with Crippen molar-refractivity contribution < 1.29 is 28.7 Å². The SMILES string of the molecule is O=C(CCCC[C@@H]1SC[C@@H]2NC(=O)N[C@@H]21)NCCOCCNC(=O)CCN1C(=O)C=CC1=O. The van der Waals surface area contributed by atoms with Gasteiger partial charge in [-0.2, -0.15) is 11.8 Å². The molecular weight excluding hydrogens is 450 g/mol. The number of hydrogen-bond acceptors (Lipinski definition) is 7. The van der Waals surface area contributed by atoms with Crippen molar-refractivity contribution in [2.75, 3.05) is 38.6 Å². The summed E-state index contributed by atoms with van der Waals surface area (Å²) in [7, 11) is 0. The van der Waals surface area contributed by atoms with E-state index in [4.69, 9.17) is 4.74 Å². The molecule has 11 nitrogen and oxygen atoms in total. The number of nitrogens with one attached hydrogen (secondary N) is 4. The molecule has 0 aliphatic carbocycles. The highest BCUT2D eigenvalue weighted by Crippen LogP contribution is 2.33. The molecule has 3 atom stereocenters. The van der Waals surface area contributed by atoms with Gasteiger partial charge in [0.25, 0.3) is 11.8 Å². The van der Waals surface area contributed by atoms with Gasteiger partial charge in [0.2, 0.25) is 11.8 Å². The molecule has 0 aromatic rings. The average Bonchev–Trinajstić information content (AvgIpc) is 3.43. The lowest BCUT2D eigenvalue weighted by atomic mass is 10.0. The maximum Gasteiger partial charge on any atom is 0.315 e. The maximum atomic E-state index is 11.9. The van der Waals surface area contributed by atoms with Crippen molar-refractivity contribution in [3.8, 4) is 0 Å². The van der Waals surface area contributed by atoms with E-state index in [1.54, 1.807) is 0 Å². The number of unbranched alkanes of at least 4 members (excludes halogenated alkanes) is 1. The van der Waals surface area contributed by atoms with Crippen LogP contribution in [-0.2, 0) is 23.9 Å². The maximum absolute atomic E-state index is 11.9. The Hall–Kier alpha value is -2.60. The highest BCUT2D eigenvalue weighted by Gasteiger charge is 2.42. The summed E-state index contributed by atoms with van der Waals surface area (Å²) < 4.78 is 5.39. The predicted molar refractivity (Wildman–Crippen MR) is 121 cm³/mol. The van der Waals surface area contributed by atoms with Gasteiger partial charge in [0.15, 0.2) is 0 Å². The first kappa shape index (κ1) is 25.0. The van der Waals surface area contributed by atoms with Crippen molar-refractivity contribution in [1.29, 1.82) is 0 Å². The van der Waals surface area contributed by atoms with E-state index in [1.165, 1.54) is 12.2 Å². The number of ether oxygens (including phenoxy) is 1. The van der Waals surface area contributed by atoms with Crippen LogP contribution in [0.1, 0.15) is 32.1 Å². The minimum absolute atomic E-state index is 0.0137. The number of nitrogens with zero attached hydrogens (tertiary/aromatic N) is 1. The lowest BCUT2D eigenvalue weighted by Crippen LogP contribution is -2.36. The first-order valence-corrected chi connectivity index (χ1v) is 12.3. The molecule has 0 spiro atoms. The van der Waals surface area contributed by atoms with E-state index >= 15 is 0 Å². The van der Waals surface area contributed by atoms with Crippen LogP contribution in [0.4, 0.5) is 4.79 Å². The Labute approximate surface area is 196 Å². The molecule has 12 heteroatoms. The van der Waals surface area contributed by atoms with Gasteiger partial charge in [-0.1, -0.05) is 6.42 Å². The van der Waals surface area contributed by atoms with Gasteiger partial charge in [0.1, 0.15) is 0 Å². The molecule has 6 amide bonds. The summed E-state index contributed by atoms with van der Waals surface area (Å²) in [5, 5.41) is 11.8. The van der Waals surface area contributed by atoms with E-state index in [9.17, 15) is 24.0 Å². The van der Waals surface area contributed by atoms with Crippen molar-refractivity contribution in [1.82, 2.24) is 26.2 Å². The molecule has 2 saturated heterocycles. The van der Waals surface area contributed by atoms with Crippen molar-refractivity contribution in [2.24, 2.45) is 0 Å². The van der Waals surface area contributed by atoms with Crippen molar-refractivity contribution in [3.63, 3.8) is 0 Å². The van der Waals surface area contributed by atoms with Crippen LogP contribution in [0.3, 0.4) is 0 Å². The summed E-state index contributed by atoms with van der Waals surface area (Å²) >= 11 is 1.88. The summed E-state index contributed by atoms with van der Waals surface area (Å²) in [6.45, 7) is 1.41. The molecule has 2 fully saturated rings. The largest absolute Gasteiger partial charge is 0.378 e. The van der Waals surface area contributed by atoms with E-state index in [0.29, 0.717) is 38.0 Å². The number of carbonyl (C=O) groups is 5. The minimum Gasteiger partial charge on any atom is -0.378 e. The molecule has 0 aromatic heterocycles. The number of imide groups is 1. The van der Waals surface area contributed by atoms with Gasteiger partial charge in [-0.25, -0.2) is 4.79 Å². The zero-order valence-corrected chi connectivity index (χ0v) is 19.3. The standard InChI is InChI=1S/C21H31N5O6S/c27-16(4-2-1-3-15-20-14(13-33-15)24-21(31)25-20)22-8-11-32-12-9-23-17(28)7-10-26-18(29)5-6-19(26)30/h5-6,14-15,20H,1-4,7-13H2,(H,22,27)(H,23,28)(H2,24,25,31)/t14-,15-,20-/m0/s1. The molecule has 4 N–H and O–H groups in total. The lowest BCUT2D eigenvalue weighted by Gasteiger charge is -2.16. The smallest absolute Gasteiger partial charge is 0.315 e. The Kier molecular flexibility index (Phi) is 9.55. The Morgan fingerprint density at radius 2 is 1.67 bits per heavy atom. The molecule has 3 heterocycles. The second-order valence-electron chi connectivity index (χ2n) is 8.09. The zero-order chi connectivity index (χ0) is 23.6. The Balaban J connectivity index is 1.11. The molecule has 3 rings (SSSR count). The number of hydrogen-bond donors (Lipinski definition) is 4. The zero-order valence-electron chi connectivity index (χ0n) is 18.5. The number of fused-ring (bicyclic) bond motifs is 1. The molecule has 0 saturated carbocycles. The van der Waals surface area contributed by atoms with Gasteiger partial charge >= 0.3 is 6.03 Å². The molecule has 3 aliphatic heterocycles. The summed E-state index contributed by atoms with van der Waals surface area (Å²) in [4.78, 5) is 58.9. The van der Waals surface area contributed by atoms with Gasteiger partial charge in [-0.15, -0.1) is 0 Å². The van der Waals surface area contributed by atoms with Crippen molar-refractivity contribution >= 4 is 41.4 Å². The van der Waals surface area contributed by atoms with E-state index in [0.717, 1.165) is 29.9 Å². The highest BCUT2D eigenvalue weighted by atomic mass is 32.2. The Morgan fingerprint density at radius 1 is 1.00 bits per heavy atom. The summed E-state index contributed by atoms with van der Waals surface area (Å²) in [6, 6.07) is 0.354. The summed E-state index contributed by atoms with van der Waals surface area (Å²) in [5.74, 6) is -0.143. The number of rotatable bonds is 14. The lowest BCUT2D eigenvalue weighted by molar-refractivity contribution is -0.137. The average molecular weight is 482 g/mol. The fraction of sp³-hybridized carbons (Fsp3) is 0.667. The molecule has 0 aromatic carbocycles. The van der Waals surface area contributed by atoms with Crippen molar-refractivity contribution in [2.45, 2.75) is 49.4 Å². The monoisotopic (exact) mass is 481 g/mol. The van der Waals surface area contributed by atoms with Gasteiger partial charge in [0.05, 0.1) is 25.3 Å². The van der Waals surface area contributed by atoms with Crippen LogP contribution in [0.2, 0.25) is 0 Å². The quantitative estimate of drug-likeness (QED) is 0.145. The first-order valence-electron chi connectivity index (χ1n) is 11.3. The van der Waals surface area contributed by atoms with E-state index in [1.807, 2.05) is 11.8 Å². The van der Waals surface area contributed by atoms with Crippen LogP contribution in [0.15, 0.2) is 12.2 Å². The predicted octanol–water partition coefficient (Wildman–Crippen LogP) is -0.724.